The second kappa shape index (κ2) is 6.64. The van der Waals surface area contributed by atoms with Crippen LogP contribution in [-0.2, 0) is 0 Å². The van der Waals surface area contributed by atoms with E-state index in [0.717, 1.165) is 35.1 Å². The minimum Gasteiger partial charge on any atom is -0.507 e. The number of nitrogens with zero attached hydrogens (tertiary/aromatic N) is 4. The van der Waals surface area contributed by atoms with Crippen LogP contribution < -0.4 is 0 Å². The van der Waals surface area contributed by atoms with Gasteiger partial charge in [-0.25, -0.2) is 0 Å². The van der Waals surface area contributed by atoms with Crippen molar-refractivity contribution in [2.75, 3.05) is 13.1 Å². The Morgan fingerprint density at radius 1 is 0.964 bits per heavy atom. The third-order valence-electron chi connectivity index (χ3n) is 5.58. The molecular weight excluding hydrogens is 352 g/mol. The molecule has 1 fully saturated rings. The van der Waals surface area contributed by atoms with Crippen LogP contribution in [0.15, 0.2) is 60.8 Å². The predicted octanol–water partition coefficient (Wildman–Crippen LogP) is 3.61. The number of pyridine rings is 1. The van der Waals surface area contributed by atoms with Crippen LogP contribution >= 0.6 is 0 Å². The molecule has 1 aliphatic rings. The number of aromatic nitrogens is 3. The van der Waals surface area contributed by atoms with E-state index >= 15 is 0 Å². The van der Waals surface area contributed by atoms with E-state index in [1.165, 1.54) is 0 Å². The van der Waals surface area contributed by atoms with Gasteiger partial charge in [-0.2, -0.15) is 0 Å². The Morgan fingerprint density at radius 2 is 1.68 bits per heavy atom. The fraction of sp³-hybridized carbons (Fsp3) is 0.227. The van der Waals surface area contributed by atoms with Gasteiger partial charge in [-0.05, 0) is 47.9 Å². The quantitative estimate of drug-likeness (QED) is 0.584. The molecule has 1 aliphatic heterocycles. The highest BCUT2D eigenvalue weighted by Crippen LogP contribution is 2.30. The second-order valence-corrected chi connectivity index (χ2v) is 7.27. The maximum Gasteiger partial charge on any atom is 0.257 e. The highest BCUT2D eigenvalue weighted by Gasteiger charge is 2.28. The van der Waals surface area contributed by atoms with Crippen molar-refractivity contribution in [3.05, 3.63) is 72.2 Å². The number of amides is 1. The summed E-state index contributed by atoms with van der Waals surface area (Å²) < 4.78 is 2.03. The number of likely N-dealkylation sites (tertiary alicyclic amines) is 1. The predicted molar refractivity (Wildman–Crippen MR) is 106 cm³/mol. The molecule has 5 rings (SSSR count). The first-order valence-electron chi connectivity index (χ1n) is 9.51. The normalized spacial score (nSPS) is 15.4. The van der Waals surface area contributed by atoms with Gasteiger partial charge in [-0.1, -0.05) is 30.3 Å². The minimum absolute atomic E-state index is 0.0364. The number of hydrogen-bond acceptors (Lipinski definition) is 4. The van der Waals surface area contributed by atoms with Crippen molar-refractivity contribution < 1.29 is 9.90 Å². The summed E-state index contributed by atoms with van der Waals surface area (Å²) in [7, 11) is 0. The molecule has 3 heterocycles. The molecule has 6 nitrogen and oxygen atoms in total. The molecule has 6 heteroatoms. The number of hydrogen-bond donors (Lipinski definition) is 1. The average molecular weight is 372 g/mol. The van der Waals surface area contributed by atoms with Crippen molar-refractivity contribution in [2.45, 2.75) is 18.8 Å². The van der Waals surface area contributed by atoms with Crippen molar-refractivity contribution in [1.29, 1.82) is 0 Å². The van der Waals surface area contributed by atoms with E-state index in [0.29, 0.717) is 18.7 Å². The molecule has 0 atom stereocenters. The molecule has 1 saturated heterocycles. The first-order chi connectivity index (χ1) is 13.7. The molecule has 4 aromatic rings. The van der Waals surface area contributed by atoms with Crippen LogP contribution in [0.1, 0.15) is 34.9 Å². The Labute approximate surface area is 162 Å². The maximum absolute atomic E-state index is 13.0. The lowest BCUT2D eigenvalue weighted by Crippen LogP contribution is -2.38. The lowest BCUT2D eigenvalue weighted by atomic mass is 9.95. The van der Waals surface area contributed by atoms with E-state index < -0.39 is 0 Å². The number of aromatic hydroxyl groups is 1. The van der Waals surface area contributed by atoms with Crippen LogP contribution in [0.25, 0.3) is 16.4 Å². The molecule has 2 aromatic heterocycles. The second-order valence-electron chi connectivity index (χ2n) is 7.27. The van der Waals surface area contributed by atoms with E-state index in [1.54, 1.807) is 12.1 Å². The van der Waals surface area contributed by atoms with Crippen LogP contribution in [-0.4, -0.2) is 43.6 Å². The molecule has 2 aromatic carbocycles. The maximum atomic E-state index is 13.0. The molecule has 0 bridgehead atoms. The van der Waals surface area contributed by atoms with Gasteiger partial charge in [0.1, 0.15) is 11.6 Å². The van der Waals surface area contributed by atoms with Gasteiger partial charge >= 0.3 is 0 Å². The lowest BCUT2D eigenvalue weighted by Gasteiger charge is -2.31. The Hall–Kier alpha value is -3.41. The number of benzene rings is 2. The zero-order chi connectivity index (χ0) is 19.1. The SMILES string of the molecule is O=C(c1cc2ccccc2cc1O)N1CCC(c2nnc3ccccn23)CC1. The first kappa shape index (κ1) is 16.7. The van der Waals surface area contributed by atoms with E-state index in [9.17, 15) is 9.90 Å². The largest absolute Gasteiger partial charge is 0.507 e. The molecule has 1 amide bonds. The van der Waals surface area contributed by atoms with Gasteiger partial charge in [0.05, 0.1) is 5.56 Å². The average Bonchev–Trinajstić information content (AvgIpc) is 3.17. The van der Waals surface area contributed by atoms with Gasteiger partial charge in [0.15, 0.2) is 5.65 Å². The summed E-state index contributed by atoms with van der Waals surface area (Å²) >= 11 is 0. The van der Waals surface area contributed by atoms with Crippen LogP contribution in [0.2, 0.25) is 0 Å². The van der Waals surface area contributed by atoms with Gasteiger partial charge in [0, 0.05) is 25.2 Å². The number of fused-ring (bicyclic) bond motifs is 2. The van der Waals surface area contributed by atoms with Crippen molar-refractivity contribution in [3.63, 3.8) is 0 Å². The van der Waals surface area contributed by atoms with Crippen molar-refractivity contribution >= 4 is 22.3 Å². The zero-order valence-electron chi connectivity index (χ0n) is 15.3. The van der Waals surface area contributed by atoms with E-state index in [2.05, 4.69) is 10.2 Å². The van der Waals surface area contributed by atoms with E-state index in [1.807, 2.05) is 58.0 Å². The van der Waals surface area contributed by atoms with Crippen molar-refractivity contribution in [1.82, 2.24) is 19.5 Å². The summed E-state index contributed by atoms with van der Waals surface area (Å²) in [6.07, 6.45) is 3.64. The first-order valence-corrected chi connectivity index (χ1v) is 9.51. The van der Waals surface area contributed by atoms with Crippen molar-refractivity contribution in [3.8, 4) is 5.75 Å². The smallest absolute Gasteiger partial charge is 0.257 e. The summed E-state index contributed by atoms with van der Waals surface area (Å²) in [6.45, 7) is 1.27. The topological polar surface area (TPSA) is 70.7 Å². The molecule has 0 spiro atoms. The van der Waals surface area contributed by atoms with Crippen LogP contribution in [0, 0.1) is 0 Å². The van der Waals surface area contributed by atoms with Gasteiger partial charge in [0.2, 0.25) is 0 Å². The minimum atomic E-state index is -0.118. The Balaban J connectivity index is 1.35. The molecular formula is C22H20N4O2. The van der Waals surface area contributed by atoms with Crippen molar-refractivity contribution in [2.24, 2.45) is 0 Å². The van der Waals surface area contributed by atoms with Crippen LogP contribution in [0.4, 0.5) is 0 Å². The standard InChI is InChI=1S/C22H20N4O2/c27-19-14-17-6-2-1-5-16(17)13-18(19)22(28)25-11-8-15(9-12-25)21-24-23-20-7-3-4-10-26(20)21/h1-7,10,13-15,27H,8-9,11-12H2. The van der Waals surface area contributed by atoms with Gasteiger partial charge in [-0.3, -0.25) is 9.20 Å². The van der Waals surface area contributed by atoms with Gasteiger partial charge in [-0.15, -0.1) is 10.2 Å². The van der Waals surface area contributed by atoms with Gasteiger partial charge < -0.3 is 10.0 Å². The number of rotatable bonds is 2. The summed E-state index contributed by atoms with van der Waals surface area (Å²) in [5, 5.41) is 20.8. The molecule has 0 radical (unpaired) electrons. The highest BCUT2D eigenvalue weighted by molar-refractivity contribution is 6.01. The van der Waals surface area contributed by atoms with Crippen LogP contribution in [0.5, 0.6) is 5.75 Å². The summed E-state index contributed by atoms with van der Waals surface area (Å²) in [4.78, 5) is 14.8. The third-order valence-corrected chi connectivity index (χ3v) is 5.58. The number of phenolic OH excluding ortho intramolecular Hbond substituents is 1. The summed E-state index contributed by atoms with van der Waals surface area (Å²) in [5.41, 5.74) is 1.21. The van der Waals surface area contributed by atoms with E-state index in [4.69, 9.17) is 0 Å². The molecule has 140 valence electrons. The highest BCUT2D eigenvalue weighted by atomic mass is 16.3. The fourth-order valence-corrected chi connectivity index (χ4v) is 4.05. The summed E-state index contributed by atoms with van der Waals surface area (Å²) in [6, 6.07) is 17.0. The number of carbonyl (C=O) groups is 1. The molecule has 0 aliphatic carbocycles. The Kier molecular flexibility index (Phi) is 3.97. The Bertz CT molecular complexity index is 1180. The molecule has 1 N–H and O–H groups in total. The molecule has 28 heavy (non-hydrogen) atoms. The summed E-state index contributed by atoms with van der Waals surface area (Å²) in [5.74, 6) is 1.14. The molecule has 0 saturated carbocycles. The Morgan fingerprint density at radius 3 is 2.46 bits per heavy atom. The number of piperidine rings is 1. The fourth-order valence-electron chi connectivity index (χ4n) is 4.05. The van der Waals surface area contributed by atoms with Gasteiger partial charge in [0.25, 0.3) is 5.91 Å². The lowest BCUT2D eigenvalue weighted by molar-refractivity contribution is 0.0708. The number of carbonyl (C=O) groups excluding carboxylic acids is 1. The van der Waals surface area contributed by atoms with Crippen LogP contribution in [0.3, 0.4) is 0 Å². The molecule has 0 unspecified atom stereocenters. The monoisotopic (exact) mass is 372 g/mol. The van der Waals surface area contributed by atoms with E-state index in [-0.39, 0.29) is 17.6 Å². The third kappa shape index (κ3) is 2.78. The zero-order valence-corrected chi connectivity index (χ0v) is 15.3. The number of phenols is 1.